The van der Waals surface area contributed by atoms with Crippen molar-refractivity contribution in [2.75, 3.05) is 21.1 Å². The number of nitrogens with zero attached hydrogens (tertiary/aromatic N) is 2. The molecule has 122 valence electrons. The number of hydrogen-bond donors (Lipinski definition) is 0. The van der Waals surface area contributed by atoms with Crippen molar-refractivity contribution in [3.05, 3.63) is 0 Å². The van der Waals surface area contributed by atoms with E-state index in [1.54, 1.807) is 0 Å². The average molecular weight is 293 g/mol. The Hall–Kier alpha value is -0.0151. The Labute approximate surface area is 133 Å². The van der Waals surface area contributed by atoms with Gasteiger partial charge in [-0.1, -0.05) is 50.2 Å². The van der Waals surface area contributed by atoms with Crippen molar-refractivity contribution in [2.24, 2.45) is 0 Å². The van der Waals surface area contributed by atoms with Gasteiger partial charge in [0.25, 0.3) is 0 Å². The third-order valence-electron chi connectivity index (χ3n) is 6.98. The van der Waals surface area contributed by atoms with Gasteiger partial charge < -0.3 is 4.48 Å². The first-order chi connectivity index (χ1) is 9.76. The van der Waals surface area contributed by atoms with E-state index in [9.17, 15) is 0 Å². The van der Waals surface area contributed by atoms with Crippen LogP contribution in [-0.2, 0) is 0 Å². The van der Waals surface area contributed by atoms with E-state index in [-0.39, 0.29) is 0 Å². The highest BCUT2D eigenvalue weighted by Gasteiger charge is 2.52. The zero-order valence-corrected chi connectivity index (χ0v) is 15.6. The van der Waals surface area contributed by atoms with Crippen LogP contribution in [-0.4, -0.2) is 55.4 Å². The normalized spacial score (nSPS) is 28.6. The lowest BCUT2D eigenvalue weighted by molar-refractivity contribution is -0.934. The van der Waals surface area contributed by atoms with Crippen molar-refractivity contribution in [1.29, 1.82) is 0 Å². The van der Waals surface area contributed by atoms with Crippen LogP contribution < -0.4 is 0 Å². The van der Waals surface area contributed by atoms with Crippen LogP contribution in [0.2, 0.25) is 11.6 Å². The fourth-order valence-corrected chi connectivity index (χ4v) is 5.01. The highest BCUT2D eigenvalue weighted by molar-refractivity contribution is 6.63. The van der Waals surface area contributed by atoms with Crippen LogP contribution in [0.4, 0.5) is 0 Å². The fraction of sp³-hybridized carbons (Fsp3) is 1.00. The highest BCUT2D eigenvalue weighted by atomic mass is 15.5. The zero-order valence-electron chi connectivity index (χ0n) is 15.6. The summed E-state index contributed by atoms with van der Waals surface area (Å²) in [6, 6.07) is 1.99. The van der Waals surface area contributed by atoms with Crippen molar-refractivity contribution in [1.82, 2.24) is 4.90 Å². The van der Waals surface area contributed by atoms with E-state index in [0.717, 1.165) is 22.8 Å². The van der Waals surface area contributed by atoms with Crippen LogP contribution >= 0.6 is 0 Å². The minimum atomic E-state index is 0.633. The van der Waals surface area contributed by atoms with E-state index in [4.69, 9.17) is 0 Å². The molecule has 2 aliphatic heterocycles. The van der Waals surface area contributed by atoms with Crippen molar-refractivity contribution < 1.29 is 4.48 Å². The van der Waals surface area contributed by atoms with E-state index in [1.807, 2.05) is 0 Å². The van der Waals surface area contributed by atoms with Gasteiger partial charge in [-0.25, -0.2) is 0 Å². The second kappa shape index (κ2) is 6.62. The molecule has 2 saturated heterocycles. The molecule has 0 aromatic rings. The minimum Gasteiger partial charge on any atom is -0.319 e. The number of rotatable bonds is 5. The summed E-state index contributed by atoms with van der Waals surface area (Å²) >= 11 is 0. The van der Waals surface area contributed by atoms with E-state index >= 15 is 0 Å². The molecular formula is C18H38BN2+. The molecule has 0 saturated carbocycles. The van der Waals surface area contributed by atoms with Gasteiger partial charge >= 0.3 is 0 Å². The van der Waals surface area contributed by atoms with Gasteiger partial charge in [-0.3, -0.25) is 4.90 Å². The smallest absolute Gasteiger partial charge is 0.240 e. The predicted molar refractivity (Wildman–Crippen MR) is 94.9 cm³/mol. The third kappa shape index (κ3) is 3.34. The first kappa shape index (κ1) is 17.3. The molecule has 0 amide bonds. The Balaban J connectivity index is 2.34. The molecule has 1 unspecified atom stereocenters. The van der Waals surface area contributed by atoms with Crippen molar-refractivity contribution >= 4 is 6.71 Å². The summed E-state index contributed by atoms with van der Waals surface area (Å²) in [4.78, 5) is 2.70. The molecule has 2 rings (SSSR count). The maximum atomic E-state index is 2.70. The molecule has 0 aromatic heterocycles. The Kier molecular flexibility index (Phi) is 5.47. The van der Waals surface area contributed by atoms with Gasteiger partial charge in [0.15, 0.2) is 0 Å². The largest absolute Gasteiger partial charge is 0.319 e. The van der Waals surface area contributed by atoms with Crippen LogP contribution in [0.1, 0.15) is 66.2 Å². The molecule has 0 aliphatic carbocycles. The molecule has 21 heavy (non-hydrogen) atoms. The van der Waals surface area contributed by atoms with Gasteiger partial charge in [-0.15, -0.1) is 0 Å². The monoisotopic (exact) mass is 293 g/mol. The molecule has 0 N–H and O–H groups in total. The van der Waals surface area contributed by atoms with E-state index < -0.39 is 0 Å². The van der Waals surface area contributed by atoms with E-state index in [2.05, 4.69) is 53.7 Å². The minimum absolute atomic E-state index is 0.633. The van der Waals surface area contributed by atoms with Gasteiger partial charge in [0.05, 0.1) is 20.1 Å². The van der Waals surface area contributed by atoms with Crippen LogP contribution in [0, 0.1) is 0 Å². The van der Waals surface area contributed by atoms with Crippen LogP contribution in [0.15, 0.2) is 0 Å². The van der Waals surface area contributed by atoms with Crippen LogP contribution in [0.3, 0.4) is 0 Å². The molecule has 2 heterocycles. The van der Waals surface area contributed by atoms with Gasteiger partial charge in [-0.05, 0) is 34.7 Å². The average Bonchev–Trinajstić information content (AvgIpc) is 2.37. The maximum absolute atomic E-state index is 2.70. The molecule has 0 radical (unpaired) electrons. The van der Waals surface area contributed by atoms with Gasteiger partial charge in [0.1, 0.15) is 6.07 Å². The topological polar surface area (TPSA) is 3.24 Å². The standard InChI is InChI=1S/C18H38BN2/c1-14(2)20(5)18(21(6,7)15(3)4)19-16-10-8-11-17(19)13-9-12-16/h14-18H,8-13H2,1-7H3/q+1. The van der Waals surface area contributed by atoms with Crippen molar-refractivity contribution in [3.63, 3.8) is 0 Å². The Morgan fingerprint density at radius 2 is 1.33 bits per heavy atom. The van der Waals surface area contributed by atoms with Gasteiger partial charge in [-0.2, -0.15) is 0 Å². The fourth-order valence-electron chi connectivity index (χ4n) is 5.01. The summed E-state index contributed by atoms with van der Waals surface area (Å²) in [5.74, 6) is 1.97. The SMILES string of the molecule is CC(C)N(C)C(B1C2CCCC1CCC2)[N+](C)(C)C(C)C. The summed E-state index contributed by atoms with van der Waals surface area (Å²) in [5, 5.41) is 0. The molecule has 0 spiro atoms. The molecule has 2 bridgehead atoms. The second-order valence-electron chi connectivity index (χ2n) is 8.85. The third-order valence-corrected chi connectivity index (χ3v) is 6.98. The molecule has 2 nitrogen and oxygen atoms in total. The number of hydrogen-bond acceptors (Lipinski definition) is 1. The summed E-state index contributed by atoms with van der Waals surface area (Å²) in [7, 11) is 7.32. The van der Waals surface area contributed by atoms with E-state index in [0.29, 0.717) is 18.1 Å². The van der Waals surface area contributed by atoms with Gasteiger partial charge in [0, 0.05) is 6.04 Å². The summed E-state index contributed by atoms with van der Waals surface area (Å²) in [6.45, 7) is 10.5. The lowest BCUT2D eigenvalue weighted by Gasteiger charge is -2.54. The predicted octanol–water partition coefficient (Wildman–Crippen LogP) is 4.28. The lowest BCUT2D eigenvalue weighted by Crippen LogP contribution is -2.69. The van der Waals surface area contributed by atoms with Crippen LogP contribution in [0.25, 0.3) is 0 Å². The Bertz CT molecular complexity index is 318. The molecule has 2 fully saturated rings. The molecule has 2 aliphatic rings. The number of quaternary nitrogens is 1. The Morgan fingerprint density at radius 3 is 1.67 bits per heavy atom. The quantitative estimate of drug-likeness (QED) is 0.415. The zero-order chi connectivity index (χ0) is 15.8. The lowest BCUT2D eigenvalue weighted by atomic mass is 9.25. The van der Waals surface area contributed by atoms with Crippen LogP contribution in [0.5, 0.6) is 0 Å². The highest BCUT2D eigenvalue weighted by Crippen LogP contribution is 2.49. The molecule has 3 heteroatoms. The molecular weight excluding hydrogens is 255 g/mol. The first-order valence-corrected chi connectivity index (χ1v) is 9.32. The first-order valence-electron chi connectivity index (χ1n) is 9.32. The maximum Gasteiger partial charge on any atom is 0.240 e. The van der Waals surface area contributed by atoms with Crippen molar-refractivity contribution in [2.45, 2.75) is 96.0 Å². The van der Waals surface area contributed by atoms with Crippen molar-refractivity contribution in [3.8, 4) is 0 Å². The van der Waals surface area contributed by atoms with E-state index in [1.165, 1.54) is 38.5 Å². The summed E-state index contributed by atoms with van der Waals surface area (Å²) < 4.78 is 1.15. The Morgan fingerprint density at radius 1 is 0.905 bits per heavy atom. The van der Waals surface area contributed by atoms with Gasteiger partial charge in [0.2, 0.25) is 6.71 Å². The molecule has 1 atom stereocenters. The summed E-state index contributed by atoms with van der Waals surface area (Å²) in [5.41, 5.74) is 0. The second-order valence-corrected chi connectivity index (χ2v) is 8.85. The number of fused-ring (bicyclic) bond motifs is 2. The molecule has 0 aromatic carbocycles. The summed E-state index contributed by atoms with van der Waals surface area (Å²) in [6.07, 6.45) is 8.92.